The number of urea groups is 1. The summed E-state index contributed by atoms with van der Waals surface area (Å²) in [6, 6.07) is 7.23. The molecule has 0 aliphatic carbocycles. The summed E-state index contributed by atoms with van der Waals surface area (Å²) in [4.78, 5) is 11.4. The zero-order valence-electron chi connectivity index (χ0n) is 11.6. The van der Waals surface area contributed by atoms with Gasteiger partial charge in [-0.3, -0.25) is 0 Å². The van der Waals surface area contributed by atoms with Crippen LogP contribution < -0.4 is 15.4 Å². The first-order valence-corrected chi connectivity index (χ1v) is 6.44. The third kappa shape index (κ3) is 5.61. The van der Waals surface area contributed by atoms with Crippen LogP contribution in [0.25, 0.3) is 0 Å². The molecule has 0 spiro atoms. The van der Waals surface area contributed by atoms with E-state index in [0.717, 1.165) is 11.3 Å². The number of aliphatic hydroxyl groups excluding tert-OH is 1. The lowest BCUT2D eigenvalue weighted by Gasteiger charge is -2.16. The number of nitrogens with one attached hydrogen (secondary N) is 2. The number of carbonyl (C=O) groups is 1. The minimum Gasteiger partial charge on any atom is -0.491 e. The molecule has 0 saturated carbocycles. The number of aliphatic hydroxyl groups is 1. The Morgan fingerprint density at radius 3 is 2.42 bits per heavy atom. The van der Waals surface area contributed by atoms with Gasteiger partial charge in [0.1, 0.15) is 5.75 Å². The lowest BCUT2D eigenvalue weighted by atomic mass is 10.1. The molecule has 0 aliphatic heterocycles. The highest BCUT2D eigenvalue weighted by Gasteiger charge is 2.09. The molecule has 0 fully saturated rings. The van der Waals surface area contributed by atoms with Crippen molar-refractivity contribution in [3.8, 4) is 5.75 Å². The van der Waals surface area contributed by atoms with Crippen LogP contribution in [0.2, 0.25) is 0 Å². The van der Waals surface area contributed by atoms with Gasteiger partial charge in [0.05, 0.1) is 18.8 Å². The van der Waals surface area contributed by atoms with Crippen LogP contribution >= 0.6 is 0 Å². The van der Waals surface area contributed by atoms with E-state index in [1.807, 2.05) is 45.0 Å². The van der Waals surface area contributed by atoms with Gasteiger partial charge in [0.15, 0.2) is 0 Å². The first-order valence-electron chi connectivity index (χ1n) is 6.44. The highest BCUT2D eigenvalue weighted by molar-refractivity contribution is 5.74. The van der Waals surface area contributed by atoms with Crippen molar-refractivity contribution in [1.29, 1.82) is 0 Å². The molecule has 1 aromatic rings. The molecule has 0 aliphatic rings. The van der Waals surface area contributed by atoms with Gasteiger partial charge < -0.3 is 20.5 Å². The van der Waals surface area contributed by atoms with E-state index in [2.05, 4.69) is 10.6 Å². The second-order valence-electron chi connectivity index (χ2n) is 4.58. The van der Waals surface area contributed by atoms with Crippen molar-refractivity contribution in [3.05, 3.63) is 29.8 Å². The van der Waals surface area contributed by atoms with Crippen LogP contribution in [-0.4, -0.2) is 30.4 Å². The molecule has 1 rings (SSSR count). The number of rotatable bonds is 6. The van der Waals surface area contributed by atoms with Gasteiger partial charge in [-0.15, -0.1) is 0 Å². The van der Waals surface area contributed by atoms with E-state index in [1.165, 1.54) is 0 Å². The summed E-state index contributed by atoms with van der Waals surface area (Å²) in [6.07, 6.45) is 0.144. The molecule has 5 heteroatoms. The van der Waals surface area contributed by atoms with Crippen molar-refractivity contribution in [3.63, 3.8) is 0 Å². The lowest BCUT2D eigenvalue weighted by molar-refractivity contribution is 0.231. The molecular weight excluding hydrogens is 244 g/mol. The Morgan fingerprint density at radius 2 is 1.89 bits per heavy atom. The van der Waals surface area contributed by atoms with Gasteiger partial charge in [-0.2, -0.15) is 0 Å². The Kier molecular flexibility index (Phi) is 6.15. The van der Waals surface area contributed by atoms with Crippen LogP contribution in [0, 0.1) is 0 Å². The number of hydrogen-bond acceptors (Lipinski definition) is 3. The standard InChI is InChI=1S/C14H22N2O3/c1-10(2)19-13-6-4-12(5-7-13)11(3)16-14(18)15-8-9-17/h4-7,10-11,17H,8-9H2,1-3H3,(H2,15,16,18). The van der Waals surface area contributed by atoms with Crippen LogP contribution in [0.4, 0.5) is 4.79 Å². The van der Waals surface area contributed by atoms with E-state index in [1.54, 1.807) is 0 Å². The summed E-state index contributed by atoms with van der Waals surface area (Å²) in [5.74, 6) is 0.815. The molecule has 0 radical (unpaired) electrons. The Bertz CT molecular complexity index is 390. The van der Waals surface area contributed by atoms with E-state index >= 15 is 0 Å². The van der Waals surface area contributed by atoms with Crippen molar-refractivity contribution in [2.24, 2.45) is 0 Å². The third-order valence-corrected chi connectivity index (χ3v) is 2.50. The van der Waals surface area contributed by atoms with Gasteiger partial charge in [-0.05, 0) is 38.5 Å². The summed E-state index contributed by atoms with van der Waals surface area (Å²) in [6.45, 7) is 6.03. The minimum absolute atomic E-state index is 0.0664. The molecule has 0 heterocycles. The molecule has 106 valence electrons. The first kappa shape index (κ1) is 15.3. The van der Waals surface area contributed by atoms with Crippen molar-refractivity contribution in [2.45, 2.75) is 32.9 Å². The molecule has 0 bridgehead atoms. The molecule has 5 nitrogen and oxygen atoms in total. The largest absolute Gasteiger partial charge is 0.491 e. The second-order valence-corrected chi connectivity index (χ2v) is 4.58. The van der Waals surface area contributed by atoms with Gasteiger partial charge in [0.25, 0.3) is 0 Å². The third-order valence-electron chi connectivity index (χ3n) is 2.50. The summed E-state index contributed by atoms with van der Waals surface area (Å²) >= 11 is 0. The minimum atomic E-state index is -0.288. The molecular formula is C14H22N2O3. The molecule has 1 unspecified atom stereocenters. The van der Waals surface area contributed by atoms with Crippen LogP contribution in [0.15, 0.2) is 24.3 Å². The SMILES string of the molecule is CC(C)Oc1ccc(C(C)NC(=O)NCCO)cc1. The average Bonchev–Trinajstić information content (AvgIpc) is 2.36. The van der Waals surface area contributed by atoms with E-state index in [4.69, 9.17) is 9.84 Å². The van der Waals surface area contributed by atoms with Crippen molar-refractivity contribution >= 4 is 6.03 Å². The van der Waals surface area contributed by atoms with Crippen molar-refractivity contribution in [2.75, 3.05) is 13.2 Å². The predicted molar refractivity (Wildman–Crippen MR) is 74.2 cm³/mol. The maximum Gasteiger partial charge on any atom is 0.315 e. The Morgan fingerprint density at radius 1 is 1.26 bits per heavy atom. The molecule has 3 N–H and O–H groups in total. The zero-order chi connectivity index (χ0) is 14.3. The van der Waals surface area contributed by atoms with Crippen molar-refractivity contribution in [1.82, 2.24) is 10.6 Å². The van der Waals surface area contributed by atoms with E-state index in [-0.39, 0.29) is 31.3 Å². The molecule has 19 heavy (non-hydrogen) atoms. The topological polar surface area (TPSA) is 70.6 Å². The monoisotopic (exact) mass is 266 g/mol. The molecule has 1 aromatic carbocycles. The van der Waals surface area contributed by atoms with Gasteiger partial charge in [-0.25, -0.2) is 4.79 Å². The lowest BCUT2D eigenvalue weighted by Crippen LogP contribution is -2.38. The van der Waals surface area contributed by atoms with Crippen LogP contribution in [-0.2, 0) is 0 Å². The number of carbonyl (C=O) groups excluding carboxylic acids is 1. The first-order chi connectivity index (χ1) is 9.02. The maximum absolute atomic E-state index is 11.4. The zero-order valence-corrected chi connectivity index (χ0v) is 11.6. The fraction of sp³-hybridized carbons (Fsp3) is 0.500. The second kappa shape index (κ2) is 7.63. The number of amides is 2. The normalized spacial score (nSPS) is 12.1. The van der Waals surface area contributed by atoms with Gasteiger partial charge in [0, 0.05) is 6.54 Å². The highest BCUT2D eigenvalue weighted by Crippen LogP contribution is 2.18. The number of benzene rings is 1. The van der Waals surface area contributed by atoms with E-state index in [9.17, 15) is 4.79 Å². The van der Waals surface area contributed by atoms with Crippen molar-refractivity contribution < 1.29 is 14.6 Å². The van der Waals surface area contributed by atoms with Crippen LogP contribution in [0.5, 0.6) is 5.75 Å². The van der Waals surface area contributed by atoms with Crippen LogP contribution in [0.3, 0.4) is 0 Å². The molecule has 1 atom stereocenters. The quantitative estimate of drug-likeness (QED) is 0.735. The summed E-state index contributed by atoms with van der Waals surface area (Å²) < 4.78 is 5.56. The Labute approximate surface area is 114 Å². The predicted octanol–water partition coefficient (Wildman–Crippen LogP) is 1.83. The van der Waals surface area contributed by atoms with Gasteiger partial charge >= 0.3 is 6.03 Å². The maximum atomic E-state index is 11.4. The molecule has 0 saturated heterocycles. The Balaban J connectivity index is 2.52. The van der Waals surface area contributed by atoms with Gasteiger partial charge in [-0.1, -0.05) is 12.1 Å². The fourth-order valence-electron chi connectivity index (χ4n) is 1.61. The highest BCUT2D eigenvalue weighted by atomic mass is 16.5. The summed E-state index contributed by atoms with van der Waals surface area (Å²) in [5, 5.41) is 13.9. The summed E-state index contributed by atoms with van der Waals surface area (Å²) in [7, 11) is 0. The fourth-order valence-corrected chi connectivity index (χ4v) is 1.61. The molecule has 0 aromatic heterocycles. The summed E-state index contributed by atoms with van der Waals surface area (Å²) in [5.41, 5.74) is 0.996. The smallest absolute Gasteiger partial charge is 0.315 e. The number of ether oxygens (including phenoxy) is 1. The van der Waals surface area contributed by atoms with E-state index < -0.39 is 0 Å². The Hall–Kier alpha value is -1.75. The average molecular weight is 266 g/mol. The van der Waals surface area contributed by atoms with E-state index in [0.29, 0.717) is 0 Å². The van der Waals surface area contributed by atoms with Gasteiger partial charge in [0.2, 0.25) is 0 Å². The van der Waals surface area contributed by atoms with Crippen LogP contribution in [0.1, 0.15) is 32.4 Å². The number of hydrogen-bond donors (Lipinski definition) is 3. The molecule has 2 amide bonds.